The summed E-state index contributed by atoms with van der Waals surface area (Å²) >= 11 is 0. The lowest BCUT2D eigenvalue weighted by Crippen LogP contribution is -2.37. The highest BCUT2D eigenvalue weighted by atomic mass is 16.5. The van der Waals surface area contributed by atoms with Gasteiger partial charge in [0.25, 0.3) is 0 Å². The van der Waals surface area contributed by atoms with Gasteiger partial charge in [-0.25, -0.2) is 9.59 Å². The van der Waals surface area contributed by atoms with Crippen molar-refractivity contribution in [3.63, 3.8) is 0 Å². The van der Waals surface area contributed by atoms with Gasteiger partial charge in [-0.1, -0.05) is 43.2 Å². The number of hydrogen-bond acceptors (Lipinski definition) is 6. The van der Waals surface area contributed by atoms with Crippen LogP contribution in [0.25, 0.3) is 0 Å². The van der Waals surface area contributed by atoms with Crippen molar-refractivity contribution in [2.75, 3.05) is 27.3 Å². The molecule has 3 rings (SSSR count). The molecule has 1 aromatic rings. The molecule has 0 bridgehead atoms. The van der Waals surface area contributed by atoms with Crippen molar-refractivity contribution in [3.8, 4) is 0 Å². The average Bonchev–Trinajstić information content (AvgIpc) is 3.28. The number of nitrogens with zero attached hydrogens (tertiary/aromatic N) is 1. The van der Waals surface area contributed by atoms with E-state index in [-0.39, 0.29) is 23.8 Å². The minimum atomic E-state index is -0.373. The summed E-state index contributed by atoms with van der Waals surface area (Å²) in [5, 5.41) is 3.21. The Bertz CT molecular complexity index is 854. The molecule has 2 aliphatic rings. The van der Waals surface area contributed by atoms with Crippen LogP contribution in [0.4, 0.5) is 0 Å². The number of ether oxygens (including phenoxy) is 2. The highest BCUT2D eigenvalue weighted by Gasteiger charge is 2.41. The zero-order valence-electron chi connectivity index (χ0n) is 19.1. The molecule has 0 spiro atoms. The number of dihydropyridines is 1. The van der Waals surface area contributed by atoms with Crippen molar-refractivity contribution in [2.24, 2.45) is 11.8 Å². The maximum Gasteiger partial charge on any atom is 0.336 e. The molecule has 0 saturated heterocycles. The summed E-state index contributed by atoms with van der Waals surface area (Å²) in [7, 11) is 3.40. The summed E-state index contributed by atoms with van der Waals surface area (Å²) in [5.41, 5.74) is 3.89. The molecular weight excluding hydrogens is 392 g/mol. The summed E-state index contributed by atoms with van der Waals surface area (Å²) < 4.78 is 10.8. The van der Waals surface area contributed by atoms with Gasteiger partial charge in [-0.15, -0.1) is 0 Å². The molecule has 0 amide bonds. The van der Waals surface area contributed by atoms with Crippen molar-refractivity contribution < 1.29 is 19.1 Å². The average molecular weight is 427 g/mol. The fraction of sp³-hybridized carbons (Fsp3) is 0.520. The number of likely N-dealkylation sites (N-methyl/N-ethyl adjacent to an activating group) is 1. The molecule has 6 heteroatoms. The SMILES string of the molecule is COC(=O)C1=C(C)NC(C)=C(C(=O)OCCN(C)Cc2ccccc2)C1C1CCCC1. The number of carbonyl (C=O) groups is 2. The molecule has 31 heavy (non-hydrogen) atoms. The van der Waals surface area contributed by atoms with Crippen LogP contribution in [0, 0.1) is 11.8 Å². The van der Waals surface area contributed by atoms with Crippen molar-refractivity contribution in [1.82, 2.24) is 10.2 Å². The highest BCUT2D eigenvalue weighted by Crippen LogP contribution is 2.43. The first kappa shape index (κ1) is 23.1. The Kier molecular flexibility index (Phi) is 7.91. The Balaban J connectivity index is 1.68. The third-order valence-corrected chi connectivity index (χ3v) is 6.30. The second-order valence-corrected chi connectivity index (χ2v) is 8.58. The lowest BCUT2D eigenvalue weighted by atomic mass is 9.76. The van der Waals surface area contributed by atoms with Gasteiger partial charge in [-0.05, 0) is 45.2 Å². The van der Waals surface area contributed by atoms with Gasteiger partial charge >= 0.3 is 11.9 Å². The summed E-state index contributed by atoms with van der Waals surface area (Å²) in [4.78, 5) is 27.9. The van der Waals surface area contributed by atoms with Crippen molar-refractivity contribution in [2.45, 2.75) is 46.1 Å². The number of hydrogen-bond donors (Lipinski definition) is 1. The number of benzene rings is 1. The lowest BCUT2D eigenvalue weighted by Gasteiger charge is -2.33. The predicted octanol–water partition coefficient (Wildman–Crippen LogP) is 3.79. The van der Waals surface area contributed by atoms with Gasteiger partial charge < -0.3 is 14.8 Å². The molecule has 1 fully saturated rings. The molecule has 168 valence electrons. The number of methoxy groups -OCH3 is 1. The van der Waals surface area contributed by atoms with E-state index in [0.29, 0.717) is 24.3 Å². The van der Waals surface area contributed by atoms with E-state index in [0.717, 1.165) is 43.6 Å². The second kappa shape index (κ2) is 10.6. The quantitative estimate of drug-likeness (QED) is 0.638. The maximum absolute atomic E-state index is 13.2. The van der Waals surface area contributed by atoms with Gasteiger partial charge in [0.15, 0.2) is 0 Å². The van der Waals surface area contributed by atoms with E-state index >= 15 is 0 Å². The van der Waals surface area contributed by atoms with E-state index in [1.165, 1.54) is 12.7 Å². The molecule has 6 nitrogen and oxygen atoms in total. The van der Waals surface area contributed by atoms with Crippen LogP contribution in [0.2, 0.25) is 0 Å². The Morgan fingerprint density at radius 3 is 2.26 bits per heavy atom. The molecule has 1 heterocycles. The monoisotopic (exact) mass is 426 g/mol. The topological polar surface area (TPSA) is 67.9 Å². The highest BCUT2D eigenvalue weighted by molar-refractivity contribution is 5.97. The van der Waals surface area contributed by atoms with E-state index in [4.69, 9.17) is 9.47 Å². The van der Waals surface area contributed by atoms with E-state index < -0.39 is 0 Å². The molecule has 0 radical (unpaired) electrons. The molecule has 1 aliphatic carbocycles. The van der Waals surface area contributed by atoms with Crippen LogP contribution in [0.3, 0.4) is 0 Å². The Hall–Kier alpha value is -2.60. The van der Waals surface area contributed by atoms with Crippen LogP contribution in [0.1, 0.15) is 45.1 Å². The Morgan fingerprint density at radius 1 is 1.03 bits per heavy atom. The number of nitrogens with one attached hydrogen (secondary N) is 1. The first-order valence-corrected chi connectivity index (χ1v) is 11.1. The van der Waals surface area contributed by atoms with Gasteiger partial charge in [-0.3, -0.25) is 4.90 Å². The van der Waals surface area contributed by atoms with Gasteiger partial charge in [0, 0.05) is 30.4 Å². The minimum Gasteiger partial charge on any atom is -0.466 e. The number of carbonyl (C=O) groups excluding carboxylic acids is 2. The molecular formula is C25H34N2O4. The number of rotatable bonds is 8. The van der Waals surface area contributed by atoms with Crippen LogP contribution in [0.5, 0.6) is 0 Å². The second-order valence-electron chi connectivity index (χ2n) is 8.58. The Labute approximate surface area is 185 Å². The van der Waals surface area contributed by atoms with Gasteiger partial charge in [0.05, 0.1) is 18.3 Å². The third-order valence-electron chi connectivity index (χ3n) is 6.30. The zero-order valence-corrected chi connectivity index (χ0v) is 19.1. The molecule has 1 saturated carbocycles. The normalized spacial score (nSPS) is 19.6. The van der Waals surface area contributed by atoms with E-state index in [2.05, 4.69) is 22.3 Å². The van der Waals surface area contributed by atoms with Crippen molar-refractivity contribution in [1.29, 1.82) is 0 Å². The van der Waals surface area contributed by atoms with E-state index in [9.17, 15) is 9.59 Å². The molecule has 1 aromatic carbocycles. The fourth-order valence-electron chi connectivity index (χ4n) is 4.81. The van der Waals surface area contributed by atoms with Gasteiger partial charge in [0.2, 0.25) is 0 Å². The summed E-state index contributed by atoms with van der Waals surface area (Å²) in [6, 6.07) is 10.2. The van der Waals surface area contributed by atoms with Crippen LogP contribution in [-0.4, -0.2) is 44.1 Å². The van der Waals surface area contributed by atoms with Crippen LogP contribution in [0.15, 0.2) is 52.9 Å². The van der Waals surface area contributed by atoms with Crippen LogP contribution >= 0.6 is 0 Å². The third kappa shape index (κ3) is 5.56. The van der Waals surface area contributed by atoms with Gasteiger partial charge in [0.1, 0.15) is 6.61 Å². The minimum absolute atomic E-state index is 0.254. The van der Waals surface area contributed by atoms with E-state index in [1.54, 1.807) is 0 Å². The smallest absolute Gasteiger partial charge is 0.336 e. The summed E-state index contributed by atoms with van der Waals surface area (Å²) in [5.74, 6) is -0.735. The summed E-state index contributed by atoms with van der Waals surface area (Å²) in [6.45, 7) is 5.48. The van der Waals surface area contributed by atoms with Crippen LogP contribution in [-0.2, 0) is 25.6 Å². The molecule has 0 aromatic heterocycles. The molecule has 1 N–H and O–H groups in total. The largest absolute Gasteiger partial charge is 0.466 e. The first-order valence-electron chi connectivity index (χ1n) is 11.1. The predicted molar refractivity (Wildman–Crippen MR) is 120 cm³/mol. The van der Waals surface area contributed by atoms with Crippen molar-refractivity contribution in [3.05, 3.63) is 58.4 Å². The summed E-state index contributed by atoms with van der Waals surface area (Å²) in [6.07, 6.45) is 4.24. The maximum atomic E-state index is 13.2. The molecule has 1 atom stereocenters. The lowest BCUT2D eigenvalue weighted by molar-refractivity contribution is -0.140. The first-order chi connectivity index (χ1) is 14.9. The zero-order chi connectivity index (χ0) is 22.4. The Morgan fingerprint density at radius 2 is 1.65 bits per heavy atom. The molecule has 1 aliphatic heterocycles. The van der Waals surface area contributed by atoms with E-state index in [1.807, 2.05) is 39.1 Å². The number of allylic oxidation sites excluding steroid dienone is 2. The fourth-order valence-corrected chi connectivity index (χ4v) is 4.81. The van der Waals surface area contributed by atoms with Gasteiger partial charge in [-0.2, -0.15) is 0 Å². The van der Waals surface area contributed by atoms with Crippen molar-refractivity contribution >= 4 is 11.9 Å². The standard InChI is InChI=1S/C25H34N2O4/c1-17-21(24(28)30-4)23(20-12-8-9-13-20)22(18(2)26-17)25(29)31-15-14-27(3)16-19-10-6-5-7-11-19/h5-7,10-11,20,23,26H,8-9,12-16H2,1-4H3. The van der Waals surface area contributed by atoms with Crippen LogP contribution < -0.4 is 5.32 Å². The molecule has 1 unspecified atom stereocenters. The number of esters is 2.